The van der Waals surface area contributed by atoms with Crippen molar-refractivity contribution >= 4 is 17.6 Å². The van der Waals surface area contributed by atoms with Crippen molar-refractivity contribution in [3.63, 3.8) is 0 Å². The molecule has 0 unspecified atom stereocenters. The maximum Gasteiger partial charge on any atom is 0.433 e. The minimum atomic E-state index is -4.40. The molecule has 0 aliphatic rings. The van der Waals surface area contributed by atoms with Gasteiger partial charge in [-0.15, -0.1) is 0 Å². The molecule has 0 atom stereocenters. The minimum absolute atomic E-state index is 0.0457. The molecule has 1 rings (SSSR count). The van der Waals surface area contributed by atoms with E-state index in [9.17, 15) is 13.2 Å². The molecule has 1 N–H and O–H groups in total. The van der Waals surface area contributed by atoms with E-state index in [4.69, 9.17) is 0 Å². The second-order valence-corrected chi connectivity index (χ2v) is 5.74. The van der Waals surface area contributed by atoms with E-state index in [1.807, 2.05) is 20.1 Å². The number of anilines is 1. The maximum absolute atomic E-state index is 12.4. The number of thioether (sulfide) groups is 1. The van der Waals surface area contributed by atoms with E-state index in [2.05, 4.69) is 10.3 Å². The van der Waals surface area contributed by atoms with Crippen LogP contribution in [-0.2, 0) is 6.18 Å². The average Bonchev–Trinajstić information content (AvgIpc) is 2.26. The predicted molar refractivity (Wildman–Crippen MR) is 65.3 cm³/mol. The van der Waals surface area contributed by atoms with Gasteiger partial charge in [0.25, 0.3) is 0 Å². The molecule has 0 amide bonds. The minimum Gasteiger partial charge on any atom is -0.369 e. The molecule has 0 aliphatic heterocycles. The highest BCUT2D eigenvalue weighted by atomic mass is 32.2. The predicted octanol–water partition coefficient (Wildman–Crippen LogP) is 3.65. The molecule has 1 aromatic heterocycles. The molecule has 96 valence electrons. The molecule has 0 aliphatic carbocycles. The first-order valence-electron chi connectivity index (χ1n) is 5.08. The summed E-state index contributed by atoms with van der Waals surface area (Å²) < 4.78 is 37.2. The lowest BCUT2D eigenvalue weighted by Crippen LogP contribution is -2.26. The van der Waals surface area contributed by atoms with E-state index in [0.717, 1.165) is 6.07 Å². The van der Waals surface area contributed by atoms with Gasteiger partial charge in [-0.25, -0.2) is 4.98 Å². The van der Waals surface area contributed by atoms with E-state index in [0.29, 0.717) is 6.54 Å². The molecule has 1 heterocycles. The Morgan fingerprint density at radius 2 is 1.94 bits per heavy atom. The molecule has 0 fully saturated rings. The monoisotopic (exact) mass is 264 g/mol. The van der Waals surface area contributed by atoms with Gasteiger partial charge >= 0.3 is 6.18 Å². The van der Waals surface area contributed by atoms with E-state index < -0.39 is 11.9 Å². The Kier molecular flexibility index (Phi) is 4.30. The lowest BCUT2D eigenvalue weighted by atomic mass is 10.2. The van der Waals surface area contributed by atoms with Gasteiger partial charge in [-0.3, -0.25) is 0 Å². The number of nitrogens with one attached hydrogen (secondary N) is 1. The quantitative estimate of drug-likeness (QED) is 0.898. The van der Waals surface area contributed by atoms with E-state index in [1.54, 1.807) is 11.8 Å². The second-order valence-electron chi connectivity index (χ2n) is 4.22. The molecule has 0 spiro atoms. The molecular weight excluding hydrogens is 249 g/mol. The van der Waals surface area contributed by atoms with Crippen LogP contribution in [0.2, 0.25) is 0 Å². The van der Waals surface area contributed by atoms with Crippen LogP contribution in [0.5, 0.6) is 0 Å². The zero-order valence-electron chi connectivity index (χ0n) is 9.93. The van der Waals surface area contributed by atoms with E-state index in [-0.39, 0.29) is 10.6 Å². The number of rotatable bonds is 4. The molecule has 0 aromatic carbocycles. The number of pyridine rings is 1. The summed E-state index contributed by atoms with van der Waals surface area (Å²) in [6.45, 7) is 4.58. The Hall–Kier alpha value is -0.910. The van der Waals surface area contributed by atoms with Crippen LogP contribution in [0.15, 0.2) is 18.2 Å². The van der Waals surface area contributed by atoms with Crippen LogP contribution in [0.25, 0.3) is 0 Å². The van der Waals surface area contributed by atoms with Crippen molar-refractivity contribution in [1.29, 1.82) is 0 Å². The molecule has 6 heteroatoms. The number of hydrogen-bond donors (Lipinski definition) is 1. The molecule has 1 aromatic rings. The largest absolute Gasteiger partial charge is 0.433 e. The van der Waals surface area contributed by atoms with Gasteiger partial charge in [-0.05, 0) is 32.2 Å². The normalized spacial score (nSPS) is 12.6. The zero-order chi connectivity index (χ0) is 13.1. The van der Waals surface area contributed by atoms with Crippen molar-refractivity contribution < 1.29 is 13.2 Å². The van der Waals surface area contributed by atoms with Crippen molar-refractivity contribution in [3.05, 3.63) is 23.9 Å². The van der Waals surface area contributed by atoms with Gasteiger partial charge in [-0.2, -0.15) is 24.9 Å². The third-order valence-electron chi connectivity index (χ3n) is 2.29. The van der Waals surface area contributed by atoms with Crippen LogP contribution in [0.3, 0.4) is 0 Å². The Balaban J connectivity index is 2.74. The van der Waals surface area contributed by atoms with Crippen LogP contribution < -0.4 is 5.32 Å². The van der Waals surface area contributed by atoms with Crippen LogP contribution in [0.1, 0.15) is 19.5 Å². The van der Waals surface area contributed by atoms with Crippen LogP contribution in [0, 0.1) is 0 Å². The summed E-state index contributed by atoms with van der Waals surface area (Å²) in [5, 5.41) is 2.92. The van der Waals surface area contributed by atoms with Gasteiger partial charge < -0.3 is 5.32 Å². The molecule has 0 saturated heterocycles. The third-order valence-corrected chi connectivity index (χ3v) is 3.54. The fraction of sp³-hybridized carbons (Fsp3) is 0.545. The first-order chi connectivity index (χ1) is 7.74. The highest BCUT2D eigenvalue weighted by Gasteiger charge is 2.32. The van der Waals surface area contributed by atoms with Crippen LogP contribution >= 0.6 is 11.8 Å². The SMILES string of the molecule is CSC(C)(C)CNc1cccc(C(F)(F)F)n1. The van der Waals surface area contributed by atoms with Gasteiger partial charge in [-0.1, -0.05) is 6.07 Å². The van der Waals surface area contributed by atoms with E-state index >= 15 is 0 Å². The maximum atomic E-state index is 12.4. The van der Waals surface area contributed by atoms with Crippen molar-refractivity contribution in [2.24, 2.45) is 0 Å². The first kappa shape index (κ1) is 14.2. The first-order valence-corrected chi connectivity index (χ1v) is 6.30. The standard InChI is InChI=1S/C11H15F3N2S/c1-10(2,17-3)7-15-9-6-4-5-8(16-9)11(12,13)14/h4-6H,7H2,1-3H3,(H,15,16). The number of alkyl halides is 3. The lowest BCUT2D eigenvalue weighted by molar-refractivity contribution is -0.141. The van der Waals surface area contributed by atoms with Gasteiger partial charge in [0, 0.05) is 11.3 Å². The Morgan fingerprint density at radius 1 is 1.29 bits per heavy atom. The topological polar surface area (TPSA) is 24.9 Å². The zero-order valence-corrected chi connectivity index (χ0v) is 10.7. The number of nitrogens with zero attached hydrogens (tertiary/aromatic N) is 1. The molecular formula is C11H15F3N2S. The summed E-state index contributed by atoms with van der Waals surface area (Å²) >= 11 is 1.64. The Bertz CT molecular complexity index is 377. The molecule has 2 nitrogen and oxygen atoms in total. The lowest BCUT2D eigenvalue weighted by Gasteiger charge is -2.22. The molecule has 17 heavy (non-hydrogen) atoms. The summed E-state index contributed by atoms with van der Waals surface area (Å²) in [6.07, 6.45) is -2.44. The molecule has 0 radical (unpaired) electrons. The second kappa shape index (κ2) is 5.16. The summed E-state index contributed by atoms with van der Waals surface area (Å²) in [7, 11) is 0. The number of hydrogen-bond acceptors (Lipinski definition) is 3. The number of aromatic nitrogens is 1. The molecule has 0 bridgehead atoms. The van der Waals surface area contributed by atoms with Gasteiger partial charge in [0.05, 0.1) is 0 Å². The van der Waals surface area contributed by atoms with Gasteiger partial charge in [0.1, 0.15) is 11.5 Å². The summed E-state index contributed by atoms with van der Waals surface area (Å²) in [5.74, 6) is 0.252. The van der Waals surface area contributed by atoms with Crippen molar-refractivity contribution in [2.45, 2.75) is 24.8 Å². The molecule has 0 saturated carbocycles. The summed E-state index contributed by atoms with van der Waals surface area (Å²) in [4.78, 5) is 3.54. The highest BCUT2D eigenvalue weighted by Crippen LogP contribution is 2.28. The van der Waals surface area contributed by atoms with Crippen molar-refractivity contribution in [1.82, 2.24) is 4.98 Å². The van der Waals surface area contributed by atoms with E-state index in [1.165, 1.54) is 12.1 Å². The highest BCUT2D eigenvalue weighted by molar-refractivity contribution is 7.99. The average molecular weight is 264 g/mol. The fourth-order valence-corrected chi connectivity index (χ4v) is 1.28. The van der Waals surface area contributed by atoms with Crippen LogP contribution in [0.4, 0.5) is 19.0 Å². The third kappa shape index (κ3) is 4.46. The number of halogens is 3. The van der Waals surface area contributed by atoms with Crippen molar-refractivity contribution in [2.75, 3.05) is 18.1 Å². The summed E-state index contributed by atoms with van der Waals surface area (Å²) in [6, 6.07) is 3.85. The smallest absolute Gasteiger partial charge is 0.369 e. The fourth-order valence-electron chi connectivity index (χ4n) is 1.07. The summed E-state index contributed by atoms with van der Waals surface area (Å²) in [5.41, 5.74) is -0.871. The Labute approximate surface area is 103 Å². The van der Waals surface area contributed by atoms with Gasteiger partial charge in [0.2, 0.25) is 0 Å². The Morgan fingerprint density at radius 3 is 2.47 bits per heavy atom. The van der Waals surface area contributed by atoms with Gasteiger partial charge in [0.15, 0.2) is 0 Å². The van der Waals surface area contributed by atoms with Crippen LogP contribution in [-0.4, -0.2) is 22.5 Å². The van der Waals surface area contributed by atoms with Crippen molar-refractivity contribution in [3.8, 4) is 0 Å².